The molecule has 2 aliphatic rings. The summed E-state index contributed by atoms with van der Waals surface area (Å²) < 4.78 is 16.9. The number of aromatic hydroxyl groups is 4. The number of benzene rings is 2. The first kappa shape index (κ1) is 22.1. The Labute approximate surface area is 181 Å². The molecule has 11 nitrogen and oxygen atoms in total. The summed E-state index contributed by atoms with van der Waals surface area (Å²) in [7, 11) is 0. The molecule has 0 radical (unpaired) electrons. The molecular formula is C21H22O11. The fourth-order valence-corrected chi connectivity index (χ4v) is 3.83. The Morgan fingerprint density at radius 1 is 0.844 bits per heavy atom. The Hall–Kier alpha value is -3.09. The van der Waals surface area contributed by atoms with E-state index in [9.17, 15) is 40.5 Å². The molecule has 1 saturated heterocycles. The first-order valence-corrected chi connectivity index (χ1v) is 9.71. The number of aliphatic hydroxyl groups excluding tert-OH is 3. The molecule has 0 unspecified atom stereocenters. The number of ketones is 1. The van der Waals surface area contributed by atoms with Crippen LogP contribution in [0, 0.1) is 0 Å². The van der Waals surface area contributed by atoms with E-state index in [1.54, 1.807) is 0 Å². The van der Waals surface area contributed by atoms with Crippen LogP contribution in [0.1, 0.15) is 28.9 Å². The van der Waals surface area contributed by atoms with Gasteiger partial charge in [0.1, 0.15) is 52.6 Å². The molecule has 7 N–H and O–H groups in total. The number of carbonyl (C=O) groups excluding carboxylic acids is 1. The average molecular weight is 450 g/mol. The Morgan fingerprint density at radius 2 is 1.47 bits per heavy atom. The van der Waals surface area contributed by atoms with Gasteiger partial charge in [0.05, 0.1) is 6.10 Å². The molecule has 2 aromatic rings. The van der Waals surface area contributed by atoms with Crippen molar-refractivity contribution in [1.29, 1.82) is 0 Å². The molecule has 0 amide bonds. The number of carbonyl (C=O) groups is 1. The van der Waals surface area contributed by atoms with Gasteiger partial charge < -0.3 is 50.0 Å². The first-order chi connectivity index (χ1) is 15.1. The van der Waals surface area contributed by atoms with E-state index in [0.717, 1.165) is 18.2 Å². The molecule has 7 atom stereocenters. The van der Waals surface area contributed by atoms with Crippen molar-refractivity contribution in [1.82, 2.24) is 0 Å². The van der Waals surface area contributed by atoms with E-state index in [1.165, 1.54) is 19.1 Å². The molecule has 0 spiro atoms. The molecule has 2 aromatic carbocycles. The average Bonchev–Trinajstić information content (AvgIpc) is 2.70. The van der Waals surface area contributed by atoms with Gasteiger partial charge in [0.2, 0.25) is 5.78 Å². The first-order valence-electron chi connectivity index (χ1n) is 9.71. The van der Waals surface area contributed by atoms with Crippen molar-refractivity contribution in [2.75, 3.05) is 0 Å². The Balaban J connectivity index is 1.76. The SMILES string of the molecule is C[C@H]1O[C@H](O[C@H]2C(=O)c3c(O)cc(O)cc3O[C@@H]2c2cc(O)cc(O)c2)[C@H](O)[C@H](O)[C@H]1O. The quantitative estimate of drug-likeness (QED) is 0.335. The lowest BCUT2D eigenvalue weighted by Crippen LogP contribution is -2.59. The molecule has 0 saturated carbocycles. The van der Waals surface area contributed by atoms with E-state index >= 15 is 0 Å². The lowest BCUT2D eigenvalue weighted by atomic mass is 9.92. The topological polar surface area (TPSA) is 186 Å². The molecule has 11 heteroatoms. The van der Waals surface area contributed by atoms with Gasteiger partial charge in [-0.15, -0.1) is 0 Å². The highest BCUT2D eigenvalue weighted by Crippen LogP contribution is 2.44. The van der Waals surface area contributed by atoms with Gasteiger partial charge in [-0.1, -0.05) is 0 Å². The summed E-state index contributed by atoms with van der Waals surface area (Å²) in [6.07, 6.45) is -10.1. The van der Waals surface area contributed by atoms with E-state index in [2.05, 4.69) is 0 Å². The highest BCUT2D eigenvalue weighted by molar-refractivity contribution is 6.05. The van der Waals surface area contributed by atoms with Gasteiger partial charge in [-0.25, -0.2) is 0 Å². The van der Waals surface area contributed by atoms with Crippen LogP contribution in [0.5, 0.6) is 28.7 Å². The summed E-state index contributed by atoms with van der Waals surface area (Å²) in [5.74, 6) is -2.59. The van der Waals surface area contributed by atoms with Crippen LogP contribution in [0.3, 0.4) is 0 Å². The van der Waals surface area contributed by atoms with Gasteiger partial charge in [-0.3, -0.25) is 4.79 Å². The monoisotopic (exact) mass is 450 g/mol. The maximum Gasteiger partial charge on any atom is 0.203 e. The van der Waals surface area contributed by atoms with E-state index in [-0.39, 0.29) is 34.1 Å². The molecule has 2 aliphatic heterocycles. The predicted molar refractivity (Wildman–Crippen MR) is 104 cm³/mol. The van der Waals surface area contributed by atoms with Gasteiger partial charge in [0.25, 0.3) is 0 Å². The van der Waals surface area contributed by atoms with E-state index < -0.39 is 54.4 Å². The summed E-state index contributed by atoms with van der Waals surface area (Å²) in [4.78, 5) is 13.3. The van der Waals surface area contributed by atoms with Crippen LogP contribution in [-0.4, -0.2) is 78.3 Å². The summed E-state index contributed by atoms with van der Waals surface area (Å²) in [6, 6.07) is 5.52. The van der Waals surface area contributed by atoms with Crippen molar-refractivity contribution >= 4 is 5.78 Å². The lowest BCUT2D eigenvalue weighted by molar-refractivity contribution is -0.304. The van der Waals surface area contributed by atoms with Gasteiger partial charge in [-0.05, 0) is 19.1 Å². The third-order valence-electron chi connectivity index (χ3n) is 5.44. The highest BCUT2D eigenvalue weighted by atomic mass is 16.7. The third-order valence-corrected chi connectivity index (χ3v) is 5.44. The summed E-state index contributed by atoms with van der Waals surface area (Å²) in [5, 5.41) is 70.0. The molecule has 0 bridgehead atoms. The van der Waals surface area contributed by atoms with Crippen LogP contribution in [0.4, 0.5) is 0 Å². The molecule has 172 valence electrons. The van der Waals surface area contributed by atoms with Crippen LogP contribution in [0.15, 0.2) is 30.3 Å². The number of aliphatic hydroxyl groups is 3. The van der Waals surface area contributed by atoms with Crippen molar-refractivity contribution in [2.24, 2.45) is 0 Å². The number of ether oxygens (including phenoxy) is 3. The number of phenolic OH excluding ortho intramolecular Hbond substituents is 4. The maximum atomic E-state index is 13.3. The van der Waals surface area contributed by atoms with Crippen LogP contribution in [0.25, 0.3) is 0 Å². The van der Waals surface area contributed by atoms with E-state index in [1.807, 2.05) is 0 Å². The van der Waals surface area contributed by atoms with E-state index in [0.29, 0.717) is 0 Å². The van der Waals surface area contributed by atoms with Gasteiger partial charge in [-0.2, -0.15) is 0 Å². The van der Waals surface area contributed by atoms with Gasteiger partial charge in [0, 0.05) is 23.8 Å². The summed E-state index contributed by atoms with van der Waals surface area (Å²) in [5.41, 5.74) is -0.194. The standard InChI is InChI=1S/C21H22O11/c1-7-15(26)17(28)18(29)21(30-7)32-20-16(27)14-12(25)5-11(24)6-13(14)31-19(20)8-2-9(22)4-10(23)3-8/h2-7,15,17-26,28-29H,1H3/t7-,15+,17-,18-,19-,20+,21-/m1/s1. The van der Waals surface area contributed by atoms with Crippen LogP contribution < -0.4 is 4.74 Å². The Bertz CT molecular complexity index is 1020. The van der Waals surface area contributed by atoms with Gasteiger partial charge >= 0.3 is 0 Å². The van der Waals surface area contributed by atoms with Crippen molar-refractivity contribution in [3.63, 3.8) is 0 Å². The minimum absolute atomic E-state index is 0.105. The van der Waals surface area contributed by atoms with Crippen molar-refractivity contribution in [2.45, 2.75) is 49.8 Å². The molecule has 0 aliphatic carbocycles. The van der Waals surface area contributed by atoms with Crippen molar-refractivity contribution in [3.8, 4) is 28.7 Å². The van der Waals surface area contributed by atoms with Crippen molar-refractivity contribution in [3.05, 3.63) is 41.5 Å². The Morgan fingerprint density at radius 3 is 2.12 bits per heavy atom. The smallest absolute Gasteiger partial charge is 0.203 e. The molecule has 1 fully saturated rings. The number of fused-ring (bicyclic) bond motifs is 1. The van der Waals surface area contributed by atoms with Crippen molar-refractivity contribution < 1.29 is 54.8 Å². The van der Waals surface area contributed by atoms with E-state index in [4.69, 9.17) is 14.2 Å². The van der Waals surface area contributed by atoms with Gasteiger partial charge in [0.15, 0.2) is 18.5 Å². The zero-order valence-corrected chi connectivity index (χ0v) is 16.7. The summed E-state index contributed by atoms with van der Waals surface area (Å²) in [6.45, 7) is 1.43. The van der Waals surface area contributed by atoms with Crippen LogP contribution in [0.2, 0.25) is 0 Å². The molecule has 2 heterocycles. The lowest BCUT2D eigenvalue weighted by Gasteiger charge is -2.42. The maximum absolute atomic E-state index is 13.3. The predicted octanol–water partition coefficient (Wildman–Crippen LogP) is 0.0381. The second-order valence-electron chi connectivity index (χ2n) is 7.76. The molecule has 32 heavy (non-hydrogen) atoms. The van der Waals surface area contributed by atoms with Crippen LogP contribution in [-0.2, 0) is 9.47 Å². The Kier molecular flexibility index (Phi) is 5.61. The normalized spacial score (nSPS) is 32.2. The minimum Gasteiger partial charge on any atom is -0.508 e. The second kappa shape index (κ2) is 8.11. The molecule has 4 rings (SSSR count). The summed E-state index contributed by atoms with van der Waals surface area (Å²) >= 11 is 0. The molecule has 0 aromatic heterocycles. The number of Topliss-reactive ketones (excluding diaryl/α,β-unsaturated/α-hetero) is 1. The number of phenols is 4. The number of hydrogen-bond acceptors (Lipinski definition) is 11. The third kappa shape index (κ3) is 3.80. The number of rotatable bonds is 3. The molecular weight excluding hydrogens is 428 g/mol. The largest absolute Gasteiger partial charge is 0.508 e. The fourth-order valence-electron chi connectivity index (χ4n) is 3.83. The zero-order chi connectivity index (χ0) is 23.3. The second-order valence-corrected chi connectivity index (χ2v) is 7.76. The number of hydrogen-bond donors (Lipinski definition) is 7. The zero-order valence-electron chi connectivity index (χ0n) is 16.7. The fraction of sp³-hybridized carbons (Fsp3) is 0.381. The highest BCUT2D eigenvalue weighted by Gasteiger charge is 2.48. The minimum atomic E-state index is -1.72. The van der Waals surface area contributed by atoms with Crippen LogP contribution >= 0.6 is 0 Å².